The van der Waals surface area contributed by atoms with E-state index in [0.717, 1.165) is 41.7 Å². The van der Waals surface area contributed by atoms with Gasteiger partial charge in [-0.05, 0) is 6.42 Å². The second-order valence-corrected chi connectivity index (χ2v) is 6.32. The summed E-state index contributed by atoms with van der Waals surface area (Å²) >= 11 is 1.95. The number of nitrogens with two attached hydrogens (primary N) is 1. The summed E-state index contributed by atoms with van der Waals surface area (Å²) < 4.78 is 16.2. The van der Waals surface area contributed by atoms with Gasteiger partial charge in [0.2, 0.25) is 0 Å². The van der Waals surface area contributed by atoms with Crippen LogP contribution in [-0.2, 0) is 6.42 Å². The average Bonchev–Trinajstić information content (AvgIpc) is 2.62. The molecule has 0 bridgehead atoms. The third-order valence-electron chi connectivity index (χ3n) is 3.79. The third-order valence-corrected chi connectivity index (χ3v) is 4.73. The second-order valence-electron chi connectivity index (χ2n) is 5.10. The van der Waals surface area contributed by atoms with Crippen molar-refractivity contribution in [3.8, 4) is 17.2 Å². The van der Waals surface area contributed by atoms with Crippen molar-refractivity contribution < 1.29 is 14.2 Å². The first-order valence-corrected chi connectivity index (χ1v) is 8.76. The Labute approximate surface area is 142 Å². The van der Waals surface area contributed by atoms with Crippen molar-refractivity contribution in [2.45, 2.75) is 6.42 Å². The summed E-state index contributed by atoms with van der Waals surface area (Å²) in [5.74, 6) is 5.02. The fourth-order valence-corrected chi connectivity index (χ4v) is 3.40. The Kier molecular flexibility index (Phi) is 6.70. The lowest BCUT2D eigenvalue weighted by Crippen LogP contribution is -2.42. The lowest BCUT2D eigenvalue weighted by atomic mass is 10.1. The number of methoxy groups -OCH3 is 3. The highest BCUT2D eigenvalue weighted by atomic mass is 32.2. The number of benzene rings is 1. The van der Waals surface area contributed by atoms with Gasteiger partial charge in [-0.15, -0.1) is 0 Å². The topological polar surface area (TPSA) is 69.3 Å². The number of rotatable bonds is 6. The maximum Gasteiger partial charge on any atom is 0.191 e. The van der Waals surface area contributed by atoms with Crippen LogP contribution in [0.25, 0.3) is 0 Å². The zero-order valence-corrected chi connectivity index (χ0v) is 14.8. The van der Waals surface area contributed by atoms with Crippen molar-refractivity contribution >= 4 is 17.7 Å². The summed E-state index contributed by atoms with van der Waals surface area (Å²) in [5.41, 5.74) is 7.06. The van der Waals surface area contributed by atoms with Gasteiger partial charge in [0.05, 0.1) is 21.3 Å². The van der Waals surface area contributed by atoms with Gasteiger partial charge in [0.25, 0.3) is 0 Å². The number of guanidine groups is 1. The van der Waals surface area contributed by atoms with Crippen molar-refractivity contribution in [1.82, 2.24) is 4.90 Å². The molecule has 2 N–H and O–H groups in total. The van der Waals surface area contributed by atoms with Gasteiger partial charge in [0.1, 0.15) is 17.2 Å². The maximum atomic E-state index is 6.08. The zero-order valence-electron chi connectivity index (χ0n) is 14.0. The Morgan fingerprint density at radius 3 is 2.26 bits per heavy atom. The van der Waals surface area contributed by atoms with Gasteiger partial charge in [-0.25, -0.2) is 0 Å². The predicted molar refractivity (Wildman–Crippen MR) is 95.2 cm³/mol. The molecule has 0 aliphatic carbocycles. The Bertz CT molecular complexity index is 520. The molecule has 6 nitrogen and oxygen atoms in total. The molecule has 1 aliphatic heterocycles. The summed E-state index contributed by atoms with van der Waals surface area (Å²) in [6, 6.07) is 3.71. The normalized spacial score (nSPS) is 15.4. The minimum atomic E-state index is 0.592. The van der Waals surface area contributed by atoms with Crippen molar-refractivity contribution in [2.75, 3.05) is 52.5 Å². The molecule has 0 spiro atoms. The number of aliphatic imine (C=N–C) groups is 1. The van der Waals surface area contributed by atoms with Crippen LogP contribution in [0.2, 0.25) is 0 Å². The summed E-state index contributed by atoms with van der Waals surface area (Å²) in [7, 11) is 4.90. The zero-order chi connectivity index (χ0) is 16.7. The Morgan fingerprint density at radius 1 is 1.13 bits per heavy atom. The molecular formula is C16H25N3O3S. The van der Waals surface area contributed by atoms with Crippen LogP contribution in [0.5, 0.6) is 17.2 Å². The Hall–Kier alpha value is -1.76. The molecule has 1 fully saturated rings. The first-order chi connectivity index (χ1) is 11.2. The highest BCUT2D eigenvalue weighted by Gasteiger charge is 2.14. The molecule has 23 heavy (non-hydrogen) atoms. The van der Waals surface area contributed by atoms with Crippen LogP contribution >= 0.6 is 11.8 Å². The number of hydrogen-bond donors (Lipinski definition) is 1. The predicted octanol–water partition coefficient (Wildman–Crippen LogP) is 1.62. The number of hydrogen-bond acceptors (Lipinski definition) is 5. The molecule has 1 aliphatic rings. The highest BCUT2D eigenvalue weighted by molar-refractivity contribution is 7.99. The van der Waals surface area contributed by atoms with E-state index in [0.29, 0.717) is 24.7 Å². The SMILES string of the molecule is COc1cc(OC)c(CCN=C(N)N2CCSCC2)c(OC)c1. The van der Waals surface area contributed by atoms with E-state index in [4.69, 9.17) is 19.9 Å². The van der Waals surface area contributed by atoms with Crippen molar-refractivity contribution in [3.05, 3.63) is 17.7 Å². The van der Waals surface area contributed by atoms with Gasteiger partial charge >= 0.3 is 0 Å². The number of nitrogens with zero attached hydrogens (tertiary/aromatic N) is 2. The van der Waals surface area contributed by atoms with Crippen LogP contribution in [0.1, 0.15) is 5.56 Å². The van der Waals surface area contributed by atoms with E-state index in [2.05, 4.69) is 9.89 Å². The molecule has 0 atom stereocenters. The lowest BCUT2D eigenvalue weighted by Gasteiger charge is -2.27. The molecule has 7 heteroatoms. The molecule has 0 saturated carbocycles. The van der Waals surface area contributed by atoms with Gasteiger partial charge in [0, 0.05) is 48.8 Å². The van der Waals surface area contributed by atoms with E-state index in [1.807, 2.05) is 23.9 Å². The molecule has 1 heterocycles. The van der Waals surface area contributed by atoms with Crippen molar-refractivity contribution in [3.63, 3.8) is 0 Å². The van der Waals surface area contributed by atoms with Gasteiger partial charge in [-0.1, -0.05) is 0 Å². The molecular weight excluding hydrogens is 314 g/mol. The van der Waals surface area contributed by atoms with Gasteiger partial charge in [-0.2, -0.15) is 11.8 Å². The highest BCUT2D eigenvalue weighted by Crippen LogP contribution is 2.34. The van der Waals surface area contributed by atoms with E-state index < -0.39 is 0 Å². The van der Waals surface area contributed by atoms with Crippen LogP contribution in [0.15, 0.2) is 17.1 Å². The van der Waals surface area contributed by atoms with E-state index in [1.165, 1.54) is 0 Å². The molecule has 0 radical (unpaired) electrons. The molecule has 2 rings (SSSR count). The van der Waals surface area contributed by atoms with Gasteiger partial charge < -0.3 is 24.8 Å². The summed E-state index contributed by atoms with van der Waals surface area (Å²) in [5, 5.41) is 0. The van der Waals surface area contributed by atoms with E-state index in [9.17, 15) is 0 Å². The third kappa shape index (κ3) is 4.60. The summed E-state index contributed by atoms with van der Waals surface area (Å²) in [6.45, 7) is 2.53. The fourth-order valence-electron chi connectivity index (χ4n) is 2.50. The molecule has 1 aromatic rings. The van der Waals surface area contributed by atoms with E-state index in [1.54, 1.807) is 21.3 Å². The number of thioether (sulfide) groups is 1. The minimum Gasteiger partial charge on any atom is -0.496 e. The average molecular weight is 339 g/mol. The first kappa shape index (κ1) is 17.6. The molecule has 1 saturated heterocycles. The molecule has 0 aromatic heterocycles. The van der Waals surface area contributed by atoms with E-state index in [-0.39, 0.29) is 0 Å². The monoisotopic (exact) mass is 339 g/mol. The van der Waals surface area contributed by atoms with Crippen LogP contribution < -0.4 is 19.9 Å². The molecule has 0 amide bonds. The largest absolute Gasteiger partial charge is 0.496 e. The smallest absolute Gasteiger partial charge is 0.191 e. The maximum absolute atomic E-state index is 6.08. The number of ether oxygens (including phenoxy) is 3. The van der Waals surface area contributed by atoms with Gasteiger partial charge in [-0.3, -0.25) is 4.99 Å². The molecule has 1 aromatic carbocycles. The summed E-state index contributed by atoms with van der Waals surface area (Å²) in [4.78, 5) is 6.64. The van der Waals surface area contributed by atoms with Crippen LogP contribution in [0.4, 0.5) is 0 Å². The first-order valence-electron chi connectivity index (χ1n) is 7.61. The fraction of sp³-hybridized carbons (Fsp3) is 0.562. The molecule has 0 unspecified atom stereocenters. The minimum absolute atomic E-state index is 0.592. The quantitative estimate of drug-likeness (QED) is 0.627. The van der Waals surface area contributed by atoms with E-state index >= 15 is 0 Å². The standard InChI is InChI=1S/C16H25N3O3S/c1-20-12-10-14(21-2)13(15(11-12)22-3)4-5-18-16(17)19-6-8-23-9-7-19/h10-11H,4-9H2,1-3H3,(H2,17,18). The lowest BCUT2D eigenvalue weighted by molar-refractivity contribution is 0.369. The second kappa shape index (κ2) is 8.76. The Morgan fingerprint density at radius 2 is 1.74 bits per heavy atom. The van der Waals surface area contributed by atoms with Crippen LogP contribution in [0.3, 0.4) is 0 Å². The van der Waals surface area contributed by atoms with Gasteiger partial charge in [0.15, 0.2) is 5.96 Å². The summed E-state index contributed by atoms with van der Waals surface area (Å²) in [6.07, 6.45) is 0.694. The van der Waals surface area contributed by atoms with Crippen molar-refractivity contribution in [1.29, 1.82) is 0 Å². The van der Waals surface area contributed by atoms with Crippen LogP contribution in [0, 0.1) is 0 Å². The molecule has 128 valence electrons. The van der Waals surface area contributed by atoms with Crippen molar-refractivity contribution in [2.24, 2.45) is 10.7 Å². The van der Waals surface area contributed by atoms with Crippen LogP contribution in [-0.4, -0.2) is 63.3 Å². The Balaban J connectivity index is 2.07.